The summed E-state index contributed by atoms with van der Waals surface area (Å²) in [5, 5.41) is 0. The highest BCUT2D eigenvalue weighted by Crippen LogP contribution is 2.23. The molecule has 2 amide bonds. The van der Waals surface area contributed by atoms with Crippen molar-refractivity contribution >= 4 is 29.4 Å². The number of imide groups is 1. The number of ketones is 1. The third-order valence-electron chi connectivity index (χ3n) is 7.35. The van der Waals surface area contributed by atoms with Crippen LogP contribution in [0.5, 0.6) is 11.5 Å². The zero-order chi connectivity index (χ0) is 30.1. The number of carbonyl (C=O) groups is 3. The van der Waals surface area contributed by atoms with Gasteiger partial charge in [-0.1, -0.05) is 99.9 Å². The molecule has 224 valence electrons. The van der Waals surface area contributed by atoms with Gasteiger partial charge < -0.3 is 9.47 Å². The largest absolute Gasteiger partial charge is 0.494 e. The predicted octanol–water partition coefficient (Wildman–Crippen LogP) is 8.37. The molecular weight excluding hydrogens is 538 g/mol. The van der Waals surface area contributed by atoms with Crippen LogP contribution in [0.2, 0.25) is 0 Å². The van der Waals surface area contributed by atoms with Gasteiger partial charge in [0.2, 0.25) is 0 Å². The van der Waals surface area contributed by atoms with E-state index in [1.54, 1.807) is 30.3 Å². The maximum absolute atomic E-state index is 12.2. The van der Waals surface area contributed by atoms with Gasteiger partial charge in [0.25, 0.3) is 11.8 Å². The second-order valence-corrected chi connectivity index (χ2v) is 10.7. The van der Waals surface area contributed by atoms with Crippen molar-refractivity contribution in [3.8, 4) is 11.5 Å². The molecule has 1 aliphatic rings. The van der Waals surface area contributed by atoms with Crippen LogP contribution in [0.25, 0.3) is 6.08 Å². The summed E-state index contributed by atoms with van der Waals surface area (Å²) >= 11 is 0. The molecule has 43 heavy (non-hydrogen) atoms. The van der Waals surface area contributed by atoms with Gasteiger partial charge in [0.1, 0.15) is 11.5 Å². The van der Waals surface area contributed by atoms with Crippen molar-refractivity contribution in [3.05, 3.63) is 108 Å². The van der Waals surface area contributed by atoms with Crippen LogP contribution in [0.4, 0.5) is 5.69 Å². The third kappa shape index (κ3) is 10.7. The summed E-state index contributed by atoms with van der Waals surface area (Å²) in [6, 6.07) is 24.2. The molecule has 1 heterocycles. The lowest BCUT2D eigenvalue weighted by molar-refractivity contribution is -0.119. The molecule has 0 aliphatic carbocycles. The van der Waals surface area contributed by atoms with Crippen LogP contribution in [0.1, 0.15) is 80.1 Å². The molecule has 0 radical (unpaired) electrons. The minimum Gasteiger partial charge on any atom is -0.494 e. The predicted molar refractivity (Wildman–Crippen MR) is 171 cm³/mol. The second-order valence-electron chi connectivity index (χ2n) is 10.7. The van der Waals surface area contributed by atoms with E-state index in [2.05, 4.69) is 0 Å². The molecule has 4 rings (SSSR count). The third-order valence-corrected chi connectivity index (χ3v) is 7.35. The van der Waals surface area contributed by atoms with Crippen LogP contribution >= 0.6 is 0 Å². The van der Waals surface area contributed by atoms with Crippen molar-refractivity contribution in [1.82, 2.24) is 0 Å². The Hall–Kier alpha value is -4.45. The van der Waals surface area contributed by atoms with Gasteiger partial charge in [0, 0.05) is 17.7 Å². The fourth-order valence-corrected chi connectivity index (χ4v) is 4.89. The molecule has 6 nitrogen and oxygen atoms in total. The Morgan fingerprint density at radius 3 is 1.56 bits per heavy atom. The van der Waals surface area contributed by atoms with E-state index in [-0.39, 0.29) is 17.6 Å². The fourth-order valence-electron chi connectivity index (χ4n) is 4.89. The van der Waals surface area contributed by atoms with E-state index in [4.69, 9.17) is 9.47 Å². The molecule has 3 aromatic rings. The second kappa shape index (κ2) is 17.5. The Labute approximate surface area is 255 Å². The van der Waals surface area contributed by atoms with E-state index in [9.17, 15) is 14.4 Å². The molecule has 1 aliphatic heterocycles. The number of benzene rings is 3. The van der Waals surface area contributed by atoms with Crippen LogP contribution in [0, 0.1) is 0 Å². The van der Waals surface area contributed by atoms with Crippen molar-refractivity contribution in [2.45, 2.75) is 64.2 Å². The summed E-state index contributed by atoms with van der Waals surface area (Å²) in [4.78, 5) is 36.9. The van der Waals surface area contributed by atoms with Crippen LogP contribution in [-0.4, -0.2) is 30.8 Å². The van der Waals surface area contributed by atoms with Gasteiger partial charge in [0.05, 0.1) is 18.9 Å². The van der Waals surface area contributed by atoms with Crippen LogP contribution < -0.4 is 14.4 Å². The molecule has 0 saturated heterocycles. The molecule has 6 heteroatoms. The SMILES string of the molecule is O=C(/C=C/c1ccc(OCCCCCCCCCCCCOc2ccc(N3C(=O)C=CC3=O)cc2)cc1)c1ccccc1. The first-order valence-electron chi connectivity index (χ1n) is 15.4. The number of hydrogen-bond acceptors (Lipinski definition) is 5. The highest BCUT2D eigenvalue weighted by Gasteiger charge is 2.24. The normalized spacial score (nSPS) is 12.8. The first-order valence-corrected chi connectivity index (χ1v) is 15.4. The Balaban J connectivity index is 0.943. The van der Waals surface area contributed by atoms with E-state index in [0.29, 0.717) is 17.9 Å². The standard InChI is InChI=1S/C37H41NO5/c39-35(31-14-10-9-11-15-31)25-18-30-16-21-33(22-17-30)42-28-12-7-5-3-1-2-4-6-8-13-29-43-34-23-19-32(20-24-34)38-36(40)26-27-37(38)41/h9-11,14-27H,1-8,12-13,28-29H2/b25-18+. The number of unbranched alkanes of at least 4 members (excludes halogenated alkanes) is 9. The summed E-state index contributed by atoms with van der Waals surface area (Å²) in [6.45, 7) is 1.39. The van der Waals surface area contributed by atoms with Crippen molar-refractivity contribution in [2.75, 3.05) is 18.1 Å². The van der Waals surface area contributed by atoms with E-state index in [0.717, 1.165) is 47.8 Å². The minimum absolute atomic E-state index is 0.00000901. The first-order chi connectivity index (χ1) is 21.1. The monoisotopic (exact) mass is 579 g/mol. The Morgan fingerprint density at radius 1 is 0.581 bits per heavy atom. The van der Waals surface area contributed by atoms with E-state index < -0.39 is 0 Å². The maximum Gasteiger partial charge on any atom is 0.258 e. The van der Waals surface area contributed by atoms with Gasteiger partial charge >= 0.3 is 0 Å². The quantitative estimate of drug-likeness (QED) is 0.0617. The Bertz CT molecular complexity index is 1340. The van der Waals surface area contributed by atoms with E-state index in [1.807, 2.05) is 60.7 Å². The van der Waals surface area contributed by atoms with Gasteiger partial charge in [-0.15, -0.1) is 0 Å². The number of nitrogens with zero attached hydrogens (tertiary/aromatic N) is 1. The smallest absolute Gasteiger partial charge is 0.258 e. The topological polar surface area (TPSA) is 72.9 Å². The van der Waals surface area contributed by atoms with E-state index >= 15 is 0 Å². The molecule has 0 fully saturated rings. The lowest BCUT2D eigenvalue weighted by atomic mass is 10.1. The molecule has 3 aromatic carbocycles. The lowest BCUT2D eigenvalue weighted by Crippen LogP contribution is -2.29. The number of hydrogen-bond donors (Lipinski definition) is 0. The van der Waals surface area contributed by atoms with Gasteiger partial charge in [-0.3, -0.25) is 14.4 Å². The number of rotatable bonds is 19. The van der Waals surface area contributed by atoms with Gasteiger partial charge in [-0.2, -0.15) is 0 Å². The summed E-state index contributed by atoms with van der Waals surface area (Å²) in [5.41, 5.74) is 2.23. The molecule has 0 atom stereocenters. The molecule has 0 unspecified atom stereocenters. The summed E-state index contributed by atoms with van der Waals surface area (Å²) in [6.07, 6.45) is 18.0. The van der Waals surface area contributed by atoms with Crippen LogP contribution in [0.15, 0.2) is 97.1 Å². The Kier molecular flexibility index (Phi) is 12.8. The summed E-state index contributed by atoms with van der Waals surface area (Å²) in [5.74, 6) is 0.986. The summed E-state index contributed by atoms with van der Waals surface area (Å²) in [7, 11) is 0. The number of allylic oxidation sites excluding steroid dienone is 1. The van der Waals surface area contributed by atoms with E-state index in [1.165, 1.54) is 57.1 Å². The average Bonchev–Trinajstić information content (AvgIpc) is 3.38. The maximum atomic E-state index is 12.2. The first kappa shape index (κ1) is 31.5. The number of anilines is 1. The minimum atomic E-state index is -0.313. The average molecular weight is 580 g/mol. The van der Waals surface area contributed by atoms with Crippen molar-refractivity contribution in [3.63, 3.8) is 0 Å². The Morgan fingerprint density at radius 2 is 1.05 bits per heavy atom. The molecule has 0 N–H and O–H groups in total. The molecule has 0 aromatic heterocycles. The fraction of sp³-hybridized carbons (Fsp3) is 0.324. The summed E-state index contributed by atoms with van der Waals surface area (Å²) < 4.78 is 11.7. The van der Waals surface area contributed by atoms with Gasteiger partial charge in [-0.25, -0.2) is 4.90 Å². The number of amides is 2. The molecular formula is C37H41NO5. The molecule has 0 spiro atoms. The zero-order valence-corrected chi connectivity index (χ0v) is 24.8. The van der Waals surface area contributed by atoms with Crippen molar-refractivity contribution in [1.29, 1.82) is 0 Å². The molecule has 0 bridgehead atoms. The van der Waals surface area contributed by atoms with Crippen LogP contribution in [0.3, 0.4) is 0 Å². The highest BCUT2D eigenvalue weighted by molar-refractivity contribution is 6.28. The van der Waals surface area contributed by atoms with Crippen molar-refractivity contribution in [2.24, 2.45) is 0 Å². The van der Waals surface area contributed by atoms with Gasteiger partial charge in [-0.05, 0) is 60.9 Å². The number of carbonyl (C=O) groups excluding carboxylic acids is 3. The van der Waals surface area contributed by atoms with Gasteiger partial charge in [0.15, 0.2) is 5.78 Å². The number of ether oxygens (including phenoxy) is 2. The zero-order valence-electron chi connectivity index (χ0n) is 24.8. The molecule has 0 saturated carbocycles. The van der Waals surface area contributed by atoms with Crippen molar-refractivity contribution < 1.29 is 23.9 Å². The lowest BCUT2D eigenvalue weighted by Gasteiger charge is -2.14. The highest BCUT2D eigenvalue weighted by atomic mass is 16.5. The van der Waals surface area contributed by atoms with Crippen LogP contribution in [-0.2, 0) is 9.59 Å².